The fraction of sp³-hybridized carbons (Fsp3) is 0.375. The van der Waals surface area contributed by atoms with Gasteiger partial charge >= 0.3 is 0 Å². The van der Waals surface area contributed by atoms with E-state index in [4.69, 9.17) is 4.98 Å². The lowest BCUT2D eigenvalue weighted by Gasteiger charge is -2.11. The van der Waals surface area contributed by atoms with E-state index in [-0.39, 0.29) is 0 Å². The van der Waals surface area contributed by atoms with Crippen molar-refractivity contribution in [1.82, 2.24) is 19.7 Å². The molecular formula is C16H20N4S. The molecule has 0 fully saturated rings. The molecule has 4 nitrogen and oxygen atoms in total. The lowest BCUT2D eigenvalue weighted by molar-refractivity contribution is 0.575. The highest BCUT2D eigenvalue weighted by molar-refractivity contribution is 7.15. The summed E-state index contributed by atoms with van der Waals surface area (Å²) in [4.78, 5) is 10.7. The first kappa shape index (κ1) is 14.2. The summed E-state index contributed by atoms with van der Waals surface area (Å²) in [5.74, 6) is 0. The van der Waals surface area contributed by atoms with Gasteiger partial charge in [-0.1, -0.05) is 13.0 Å². The van der Waals surface area contributed by atoms with Gasteiger partial charge in [0.05, 0.1) is 5.69 Å². The van der Waals surface area contributed by atoms with E-state index in [1.165, 1.54) is 4.88 Å². The summed E-state index contributed by atoms with van der Waals surface area (Å²) in [6.07, 6.45) is 5.20. The van der Waals surface area contributed by atoms with E-state index < -0.39 is 0 Å². The Bertz CT molecular complexity index is 711. The highest BCUT2D eigenvalue weighted by Crippen LogP contribution is 2.31. The summed E-state index contributed by atoms with van der Waals surface area (Å²) in [5.41, 5.74) is 3.01. The third kappa shape index (κ3) is 2.84. The van der Waals surface area contributed by atoms with Crippen LogP contribution >= 0.6 is 11.3 Å². The third-order valence-electron chi connectivity index (χ3n) is 3.51. The zero-order chi connectivity index (χ0) is 14.8. The second-order valence-corrected chi connectivity index (χ2v) is 6.27. The SMILES string of the molecule is CCCNC(C)c1sc(-c2cn3ccccc3n2)nc1C. The topological polar surface area (TPSA) is 42.2 Å². The maximum Gasteiger partial charge on any atom is 0.144 e. The summed E-state index contributed by atoms with van der Waals surface area (Å²) in [7, 11) is 0. The lowest BCUT2D eigenvalue weighted by Crippen LogP contribution is -2.18. The molecule has 1 N–H and O–H groups in total. The van der Waals surface area contributed by atoms with Gasteiger partial charge in [0, 0.05) is 23.3 Å². The number of imidazole rings is 1. The average Bonchev–Trinajstić information content (AvgIpc) is 3.07. The Balaban J connectivity index is 1.92. The van der Waals surface area contributed by atoms with E-state index in [1.54, 1.807) is 11.3 Å². The largest absolute Gasteiger partial charge is 0.309 e. The van der Waals surface area contributed by atoms with Gasteiger partial charge in [-0.05, 0) is 38.9 Å². The van der Waals surface area contributed by atoms with Crippen molar-refractivity contribution < 1.29 is 0 Å². The van der Waals surface area contributed by atoms with Crippen LogP contribution in [0, 0.1) is 6.92 Å². The number of nitrogens with zero attached hydrogens (tertiary/aromatic N) is 3. The molecule has 0 saturated heterocycles. The van der Waals surface area contributed by atoms with Gasteiger partial charge < -0.3 is 9.72 Å². The first-order valence-electron chi connectivity index (χ1n) is 7.34. The Hall–Kier alpha value is -1.72. The minimum absolute atomic E-state index is 0.341. The van der Waals surface area contributed by atoms with E-state index in [1.807, 2.05) is 35.0 Å². The number of aryl methyl sites for hydroxylation is 1. The molecular weight excluding hydrogens is 280 g/mol. The molecule has 0 spiro atoms. The van der Waals surface area contributed by atoms with E-state index in [2.05, 4.69) is 31.1 Å². The second-order valence-electron chi connectivity index (χ2n) is 5.24. The van der Waals surface area contributed by atoms with Crippen molar-refractivity contribution in [2.45, 2.75) is 33.2 Å². The van der Waals surface area contributed by atoms with Crippen LogP contribution in [-0.4, -0.2) is 20.9 Å². The van der Waals surface area contributed by atoms with E-state index >= 15 is 0 Å². The predicted molar refractivity (Wildman–Crippen MR) is 87.7 cm³/mol. The molecule has 0 aliphatic heterocycles. The van der Waals surface area contributed by atoms with E-state index in [9.17, 15) is 0 Å². The third-order valence-corrected chi connectivity index (χ3v) is 4.87. The van der Waals surface area contributed by atoms with Crippen molar-refractivity contribution in [3.8, 4) is 10.7 Å². The molecule has 0 saturated carbocycles. The highest BCUT2D eigenvalue weighted by atomic mass is 32.1. The number of hydrogen-bond donors (Lipinski definition) is 1. The minimum atomic E-state index is 0.341. The van der Waals surface area contributed by atoms with Crippen LogP contribution in [0.5, 0.6) is 0 Å². The summed E-state index contributed by atoms with van der Waals surface area (Å²) in [5, 5.41) is 4.52. The number of thiazole rings is 1. The van der Waals surface area contributed by atoms with Crippen LogP contribution in [0.4, 0.5) is 0 Å². The number of fused-ring (bicyclic) bond motifs is 1. The normalized spacial score (nSPS) is 12.9. The molecule has 1 atom stereocenters. The maximum atomic E-state index is 4.71. The van der Waals surface area contributed by atoms with E-state index in [0.717, 1.165) is 35.0 Å². The van der Waals surface area contributed by atoms with Gasteiger partial charge in [-0.25, -0.2) is 9.97 Å². The van der Waals surface area contributed by atoms with Crippen LogP contribution in [0.3, 0.4) is 0 Å². The van der Waals surface area contributed by atoms with Gasteiger partial charge in [0.15, 0.2) is 0 Å². The zero-order valence-corrected chi connectivity index (χ0v) is 13.4. The van der Waals surface area contributed by atoms with Crippen molar-refractivity contribution in [3.63, 3.8) is 0 Å². The average molecular weight is 300 g/mol. The Kier molecular flexibility index (Phi) is 4.03. The maximum absolute atomic E-state index is 4.71. The minimum Gasteiger partial charge on any atom is -0.309 e. The van der Waals surface area contributed by atoms with Crippen LogP contribution in [-0.2, 0) is 0 Å². The van der Waals surface area contributed by atoms with Crippen LogP contribution in [0.15, 0.2) is 30.6 Å². The molecule has 3 heterocycles. The molecule has 5 heteroatoms. The van der Waals surface area contributed by atoms with Crippen molar-refractivity contribution in [2.75, 3.05) is 6.54 Å². The first-order valence-corrected chi connectivity index (χ1v) is 8.15. The molecule has 3 rings (SSSR count). The fourth-order valence-electron chi connectivity index (χ4n) is 2.41. The number of hydrogen-bond acceptors (Lipinski definition) is 4. The van der Waals surface area contributed by atoms with Gasteiger partial charge in [0.1, 0.15) is 16.3 Å². The molecule has 3 aromatic heterocycles. The van der Waals surface area contributed by atoms with Crippen LogP contribution in [0.25, 0.3) is 16.3 Å². The van der Waals surface area contributed by atoms with Gasteiger partial charge in [0.2, 0.25) is 0 Å². The monoisotopic (exact) mass is 300 g/mol. The van der Waals surface area contributed by atoms with Gasteiger partial charge in [0.25, 0.3) is 0 Å². The summed E-state index contributed by atoms with van der Waals surface area (Å²) < 4.78 is 2.03. The number of aromatic nitrogens is 3. The first-order chi connectivity index (χ1) is 10.2. The predicted octanol–water partition coefficient (Wildman–Crippen LogP) is 3.83. The molecule has 0 amide bonds. The Morgan fingerprint density at radius 2 is 2.19 bits per heavy atom. The number of nitrogens with one attached hydrogen (secondary N) is 1. The molecule has 0 bridgehead atoms. The summed E-state index contributed by atoms with van der Waals surface area (Å²) >= 11 is 1.74. The Morgan fingerprint density at radius 3 is 2.95 bits per heavy atom. The van der Waals surface area contributed by atoms with Crippen molar-refractivity contribution in [1.29, 1.82) is 0 Å². The molecule has 0 aliphatic rings. The standard InChI is InChI=1S/C16H20N4S/c1-4-8-17-11(2)15-12(3)18-16(21-15)13-10-20-9-6-5-7-14(20)19-13/h5-7,9-11,17H,4,8H2,1-3H3. The van der Waals surface area contributed by atoms with Gasteiger partial charge in [-0.2, -0.15) is 0 Å². The smallest absolute Gasteiger partial charge is 0.144 e. The number of pyridine rings is 1. The van der Waals surface area contributed by atoms with Crippen molar-refractivity contribution in [2.24, 2.45) is 0 Å². The second kappa shape index (κ2) is 5.95. The van der Waals surface area contributed by atoms with Crippen molar-refractivity contribution >= 4 is 17.0 Å². The van der Waals surface area contributed by atoms with Crippen molar-refractivity contribution in [3.05, 3.63) is 41.2 Å². The zero-order valence-electron chi connectivity index (χ0n) is 12.6. The molecule has 0 aromatic carbocycles. The summed E-state index contributed by atoms with van der Waals surface area (Å²) in [6, 6.07) is 6.36. The summed E-state index contributed by atoms with van der Waals surface area (Å²) in [6.45, 7) is 7.49. The van der Waals surface area contributed by atoms with E-state index in [0.29, 0.717) is 6.04 Å². The number of rotatable bonds is 5. The molecule has 0 radical (unpaired) electrons. The molecule has 1 unspecified atom stereocenters. The van der Waals surface area contributed by atoms with Gasteiger partial charge in [-0.3, -0.25) is 0 Å². The highest BCUT2D eigenvalue weighted by Gasteiger charge is 2.16. The van der Waals surface area contributed by atoms with Crippen LogP contribution < -0.4 is 5.32 Å². The Morgan fingerprint density at radius 1 is 1.33 bits per heavy atom. The molecule has 3 aromatic rings. The lowest BCUT2D eigenvalue weighted by atomic mass is 10.2. The molecule has 110 valence electrons. The molecule has 21 heavy (non-hydrogen) atoms. The molecule has 0 aliphatic carbocycles. The van der Waals surface area contributed by atoms with Crippen LogP contribution in [0.1, 0.15) is 36.9 Å². The van der Waals surface area contributed by atoms with Crippen LogP contribution in [0.2, 0.25) is 0 Å². The quantitative estimate of drug-likeness (QED) is 0.778. The van der Waals surface area contributed by atoms with Gasteiger partial charge in [-0.15, -0.1) is 11.3 Å². The fourth-order valence-corrected chi connectivity index (χ4v) is 3.46. The Labute approximate surface area is 128 Å².